The van der Waals surface area contributed by atoms with Gasteiger partial charge in [-0.15, -0.1) is 0 Å². The van der Waals surface area contributed by atoms with Gasteiger partial charge in [0.1, 0.15) is 17.5 Å². The van der Waals surface area contributed by atoms with Crippen LogP contribution in [0.15, 0.2) is 109 Å². The van der Waals surface area contributed by atoms with E-state index in [1.807, 2.05) is 84.9 Å². The van der Waals surface area contributed by atoms with Crippen molar-refractivity contribution in [3.05, 3.63) is 131 Å². The molecular formula is C32H28N2O5. The topological polar surface area (TPSA) is 84.9 Å². The molecule has 196 valence electrons. The second kappa shape index (κ2) is 12.2. The largest absolute Gasteiger partial charge is 0.457 e. The van der Waals surface area contributed by atoms with Crippen LogP contribution in [-0.4, -0.2) is 28.5 Å². The normalized spacial score (nSPS) is 13.0. The Hall–Kier alpha value is -4.75. The van der Waals surface area contributed by atoms with Crippen molar-refractivity contribution in [1.82, 2.24) is 10.4 Å². The lowest BCUT2D eigenvalue weighted by molar-refractivity contribution is -0.138. The van der Waals surface area contributed by atoms with Gasteiger partial charge in [0, 0.05) is 18.5 Å². The van der Waals surface area contributed by atoms with Crippen LogP contribution in [0, 0.1) is 0 Å². The average molecular weight is 521 g/mol. The zero-order valence-corrected chi connectivity index (χ0v) is 21.3. The van der Waals surface area contributed by atoms with Gasteiger partial charge in [-0.2, -0.15) is 0 Å². The molecule has 4 aromatic carbocycles. The van der Waals surface area contributed by atoms with E-state index in [2.05, 4.69) is 5.48 Å². The van der Waals surface area contributed by atoms with Crippen molar-refractivity contribution in [3.8, 4) is 11.5 Å². The predicted molar refractivity (Wildman–Crippen MR) is 146 cm³/mol. The standard InChI is InChI=1S/C32H28N2O5/c35-30(19-23-15-17-27(18-16-23)39-26-12-5-2-6-13-26)29(34-21-25-11-7-8-14-28(25)32(34)37)20-31(36)33-38-22-24-9-3-1-4-10-24/h1-18,29H,19-22H2,(H,33,36). The van der Waals surface area contributed by atoms with Crippen molar-refractivity contribution < 1.29 is 24.0 Å². The van der Waals surface area contributed by atoms with Crippen LogP contribution in [0.3, 0.4) is 0 Å². The van der Waals surface area contributed by atoms with Crippen LogP contribution in [0.4, 0.5) is 0 Å². The number of Topliss-reactive ketones (excluding diaryl/α,β-unsaturated/α-hetero) is 1. The minimum absolute atomic E-state index is 0.0640. The van der Waals surface area contributed by atoms with Gasteiger partial charge >= 0.3 is 0 Å². The summed E-state index contributed by atoms with van der Waals surface area (Å²) in [6, 6.07) is 32.4. The molecule has 1 N–H and O–H groups in total. The van der Waals surface area contributed by atoms with Crippen molar-refractivity contribution in [3.63, 3.8) is 0 Å². The Kier molecular flexibility index (Phi) is 8.09. The first-order valence-corrected chi connectivity index (χ1v) is 12.7. The molecule has 1 unspecified atom stereocenters. The van der Waals surface area contributed by atoms with Gasteiger partial charge in [-0.1, -0.05) is 78.9 Å². The molecule has 1 aliphatic heterocycles. The van der Waals surface area contributed by atoms with Crippen LogP contribution in [0.5, 0.6) is 11.5 Å². The smallest absolute Gasteiger partial charge is 0.255 e. The maximum absolute atomic E-state index is 13.6. The Morgan fingerprint density at radius 2 is 1.41 bits per heavy atom. The number of para-hydroxylation sites is 1. The summed E-state index contributed by atoms with van der Waals surface area (Å²) in [6.45, 7) is 0.462. The molecule has 0 bridgehead atoms. The highest BCUT2D eigenvalue weighted by atomic mass is 16.6. The SMILES string of the molecule is O=C(CC(C(=O)Cc1ccc(Oc2ccccc2)cc1)N1Cc2ccccc2C1=O)NOCc1ccccc1. The van der Waals surface area contributed by atoms with Gasteiger partial charge in [-0.05, 0) is 47.0 Å². The molecule has 0 radical (unpaired) electrons. The summed E-state index contributed by atoms with van der Waals surface area (Å²) in [4.78, 5) is 46.4. The van der Waals surface area contributed by atoms with E-state index in [0.717, 1.165) is 16.7 Å². The number of rotatable bonds is 11. The molecule has 0 fully saturated rings. The third-order valence-electron chi connectivity index (χ3n) is 6.52. The molecule has 4 aromatic rings. The number of carbonyl (C=O) groups is 3. The van der Waals surface area contributed by atoms with E-state index in [1.165, 1.54) is 4.90 Å². The number of benzene rings is 4. The monoisotopic (exact) mass is 520 g/mol. The highest BCUT2D eigenvalue weighted by molar-refractivity contribution is 6.02. The predicted octanol–water partition coefficient (Wildman–Crippen LogP) is 5.25. The van der Waals surface area contributed by atoms with E-state index in [-0.39, 0.29) is 37.7 Å². The van der Waals surface area contributed by atoms with Crippen molar-refractivity contribution >= 4 is 17.6 Å². The van der Waals surface area contributed by atoms with Crippen LogP contribution in [-0.2, 0) is 34.0 Å². The molecule has 0 saturated carbocycles. The lowest BCUT2D eigenvalue weighted by atomic mass is 9.99. The van der Waals surface area contributed by atoms with Crippen molar-refractivity contribution in [2.45, 2.75) is 32.0 Å². The van der Waals surface area contributed by atoms with Gasteiger partial charge in [0.05, 0.1) is 13.0 Å². The summed E-state index contributed by atoms with van der Waals surface area (Å²) < 4.78 is 5.83. The fourth-order valence-electron chi connectivity index (χ4n) is 4.54. The number of nitrogens with zero attached hydrogens (tertiary/aromatic N) is 1. The van der Waals surface area contributed by atoms with Gasteiger partial charge in [-0.25, -0.2) is 5.48 Å². The molecule has 5 rings (SSSR count). The maximum atomic E-state index is 13.6. The van der Waals surface area contributed by atoms with Gasteiger partial charge in [0.25, 0.3) is 5.91 Å². The first kappa shape index (κ1) is 25.9. The fourth-order valence-corrected chi connectivity index (χ4v) is 4.54. The Bertz CT molecular complexity index is 1440. The summed E-state index contributed by atoms with van der Waals surface area (Å²) >= 11 is 0. The Labute approximate surface area is 226 Å². The number of hydrogen-bond donors (Lipinski definition) is 1. The third-order valence-corrected chi connectivity index (χ3v) is 6.52. The number of hydroxylamine groups is 1. The molecule has 39 heavy (non-hydrogen) atoms. The Morgan fingerprint density at radius 1 is 0.769 bits per heavy atom. The van der Waals surface area contributed by atoms with E-state index in [0.29, 0.717) is 17.1 Å². The van der Waals surface area contributed by atoms with E-state index in [9.17, 15) is 14.4 Å². The molecule has 1 atom stereocenters. The molecule has 7 nitrogen and oxygen atoms in total. The average Bonchev–Trinajstić information content (AvgIpc) is 3.30. The summed E-state index contributed by atoms with van der Waals surface area (Å²) in [6.07, 6.45) is -0.142. The molecule has 7 heteroatoms. The van der Waals surface area contributed by atoms with Crippen LogP contribution in [0.1, 0.15) is 33.5 Å². The third kappa shape index (κ3) is 6.58. The summed E-state index contributed by atoms with van der Waals surface area (Å²) in [5.74, 6) is 0.405. The van der Waals surface area contributed by atoms with Crippen LogP contribution in [0.25, 0.3) is 0 Å². The molecule has 1 heterocycles. The van der Waals surface area contributed by atoms with Gasteiger partial charge in [0.15, 0.2) is 5.78 Å². The maximum Gasteiger partial charge on any atom is 0.255 e. The minimum atomic E-state index is -0.939. The zero-order valence-electron chi connectivity index (χ0n) is 21.3. The number of amides is 2. The highest BCUT2D eigenvalue weighted by Gasteiger charge is 2.37. The summed E-state index contributed by atoms with van der Waals surface area (Å²) in [5, 5.41) is 0. The number of ketones is 1. The lowest BCUT2D eigenvalue weighted by Crippen LogP contribution is -2.45. The highest BCUT2D eigenvalue weighted by Crippen LogP contribution is 2.27. The lowest BCUT2D eigenvalue weighted by Gasteiger charge is -2.26. The molecule has 1 aliphatic rings. The first-order chi connectivity index (χ1) is 19.1. The number of hydrogen-bond acceptors (Lipinski definition) is 5. The molecule has 2 amide bonds. The van der Waals surface area contributed by atoms with Crippen molar-refractivity contribution in [2.75, 3.05) is 0 Å². The van der Waals surface area contributed by atoms with E-state index in [1.54, 1.807) is 24.3 Å². The quantitative estimate of drug-likeness (QED) is 0.273. The minimum Gasteiger partial charge on any atom is -0.457 e. The fraction of sp³-hybridized carbons (Fsp3) is 0.156. The molecule has 0 saturated heterocycles. The number of nitrogens with one attached hydrogen (secondary N) is 1. The first-order valence-electron chi connectivity index (χ1n) is 12.7. The molecule has 0 spiro atoms. The van der Waals surface area contributed by atoms with E-state index in [4.69, 9.17) is 9.57 Å². The summed E-state index contributed by atoms with van der Waals surface area (Å²) in [5.41, 5.74) is 5.47. The number of carbonyl (C=O) groups excluding carboxylic acids is 3. The summed E-state index contributed by atoms with van der Waals surface area (Å²) in [7, 11) is 0. The van der Waals surface area contributed by atoms with Crippen LogP contribution >= 0.6 is 0 Å². The van der Waals surface area contributed by atoms with Gasteiger partial charge < -0.3 is 9.64 Å². The van der Waals surface area contributed by atoms with Gasteiger partial charge in [-0.3, -0.25) is 19.2 Å². The molecule has 0 aliphatic carbocycles. The van der Waals surface area contributed by atoms with Crippen molar-refractivity contribution in [1.29, 1.82) is 0 Å². The van der Waals surface area contributed by atoms with E-state index >= 15 is 0 Å². The molecule has 0 aromatic heterocycles. The Morgan fingerprint density at radius 3 is 2.13 bits per heavy atom. The number of fused-ring (bicyclic) bond motifs is 1. The zero-order chi connectivity index (χ0) is 27.0. The number of ether oxygens (including phenoxy) is 1. The Balaban J connectivity index is 1.26. The van der Waals surface area contributed by atoms with Crippen LogP contribution in [0.2, 0.25) is 0 Å². The van der Waals surface area contributed by atoms with Crippen molar-refractivity contribution in [2.24, 2.45) is 0 Å². The second-order valence-corrected chi connectivity index (χ2v) is 9.31. The molecular weight excluding hydrogens is 492 g/mol. The van der Waals surface area contributed by atoms with Gasteiger partial charge in [0.2, 0.25) is 5.91 Å². The van der Waals surface area contributed by atoms with E-state index < -0.39 is 11.9 Å². The van der Waals surface area contributed by atoms with Crippen LogP contribution < -0.4 is 10.2 Å². The second-order valence-electron chi connectivity index (χ2n) is 9.31.